The summed E-state index contributed by atoms with van der Waals surface area (Å²) >= 11 is 0. The molecule has 1 atom stereocenters. The van der Waals surface area contributed by atoms with Gasteiger partial charge in [0.05, 0.1) is 31.5 Å². The van der Waals surface area contributed by atoms with Crippen LogP contribution < -0.4 is 15.4 Å². The molecule has 7 nitrogen and oxygen atoms in total. The zero-order chi connectivity index (χ0) is 30.3. The molecular weight excluding hydrogens is 548 g/mol. The number of carbonyl (C=O) groups excluding carboxylic acids is 1. The Morgan fingerprint density at radius 2 is 1.70 bits per heavy atom. The van der Waals surface area contributed by atoms with Crippen molar-refractivity contribution in [1.29, 1.82) is 0 Å². The maximum atomic E-state index is 12.5. The predicted molar refractivity (Wildman–Crippen MR) is 176 cm³/mol. The van der Waals surface area contributed by atoms with Gasteiger partial charge < -0.3 is 25.0 Å². The molecule has 0 radical (unpaired) electrons. The fourth-order valence-electron chi connectivity index (χ4n) is 6.21. The third kappa shape index (κ3) is 6.90. The lowest BCUT2D eigenvalue weighted by Crippen LogP contribution is -2.46. The molecule has 3 aliphatic heterocycles. The van der Waals surface area contributed by atoms with Gasteiger partial charge in [-0.1, -0.05) is 54.6 Å². The monoisotopic (exact) mass is 590 g/mol. The Morgan fingerprint density at radius 1 is 0.932 bits per heavy atom. The molecule has 1 saturated heterocycles. The minimum Gasteiger partial charge on any atom is -0.497 e. The van der Waals surface area contributed by atoms with E-state index in [0.717, 1.165) is 81.1 Å². The predicted octanol–water partition coefficient (Wildman–Crippen LogP) is 5.43. The molecule has 1 fully saturated rings. The number of methoxy groups -OCH3 is 2. The van der Waals surface area contributed by atoms with Gasteiger partial charge in [0, 0.05) is 45.5 Å². The first-order valence-corrected chi connectivity index (χ1v) is 15.6. The summed E-state index contributed by atoms with van der Waals surface area (Å²) in [6.07, 6.45) is 10.8. The van der Waals surface area contributed by atoms with Crippen LogP contribution in [-0.4, -0.2) is 75.8 Å². The van der Waals surface area contributed by atoms with Crippen LogP contribution in [0.4, 0.5) is 0 Å². The first kappa shape index (κ1) is 29.7. The van der Waals surface area contributed by atoms with E-state index in [0.29, 0.717) is 5.56 Å². The van der Waals surface area contributed by atoms with Gasteiger partial charge in [-0.05, 0) is 83.1 Å². The third-order valence-corrected chi connectivity index (χ3v) is 8.92. The molecule has 3 aromatic rings. The first-order valence-electron chi connectivity index (χ1n) is 15.6. The Balaban J connectivity index is 1.04. The van der Waals surface area contributed by atoms with E-state index in [9.17, 15) is 4.79 Å². The lowest BCUT2D eigenvalue weighted by molar-refractivity contribution is 0.0600. The van der Waals surface area contributed by atoms with Crippen LogP contribution in [-0.2, 0) is 11.2 Å². The number of rotatable bonds is 9. The fraction of sp³-hybridized carbons (Fsp3) is 0.324. The molecule has 3 aromatic carbocycles. The van der Waals surface area contributed by atoms with Crippen molar-refractivity contribution in [3.05, 3.63) is 119 Å². The number of allylic oxidation sites excluding steroid dienone is 1. The van der Waals surface area contributed by atoms with Gasteiger partial charge in [-0.2, -0.15) is 0 Å². The lowest BCUT2D eigenvalue weighted by Gasteiger charge is -2.37. The lowest BCUT2D eigenvalue weighted by atomic mass is 9.91. The third-order valence-electron chi connectivity index (χ3n) is 8.92. The summed E-state index contributed by atoms with van der Waals surface area (Å²) in [5.41, 5.74) is 8.82. The molecule has 0 saturated carbocycles. The molecule has 6 rings (SSSR count). The van der Waals surface area contributed by atoms with Gasteiger partial charge in [-0.25, -0.2) is 4.79 Å². The second-order valence-electron chi connectivity index (χ2n) is 11.6. The van der Waals surface area contributed by atoms with Crippen LogP contribution in [0.5, 0.6) is 5.75 Å². The molecule has 0 amide bonds. The van der Waals surface area contributed by atoms with Crippen molar-refractivity contribution in [2.45, 2.75) is 18.9 Å². The Labute approximate surface area is 260 Å². The van der Waals surface area contributed by atoms with Crippen LogP contribution in [0, 0.1) is 0 Å². The standard InChI is InChI=1S/C37H42N4O3/c1-43-33-11-3-27(4-12-33)17-20-40-21-23-41(24-22-40)32-10-14-36(39-26-32)30-7-5-28(6-8-30)31-9-13-34(37(42)44-2)35(25-31)29-15-18-38-19-16-29/h3-15,25-26,36,38-39H,16-24H2,1-2H3. The van der Waals surface area contributed by atoms with Crippen LogP contribution in [0.1, 0.15) is 39.5 Å². The highest BCUT2D eigenvalue weighted by Gasteiger charge is 2.21. The highest BCUT2D eigenvalue weighted by Crippen LogP contribution is 2.31. The van der Waals surface area contributed by atoms with E-state index in [1.807, 2.05) is 24.3 Å². The normalized spacial score (nSPS) is 18.7. The van der Waals surface area contributed by atoms with E-state index in [1.54, 1.807) is 7.11 Å². The Morgan fingerprint density at radius 3 is 2.36 bits per heavy atom. The van der Waals surface area contributed by atoms with Gasteiger partial charge in [0.15, 0.2) is 0 Å². The number of benzene rings is 3. The van der Waals surface area contributed by atoms with Crippen molar-refractivity contribution in [2.24, 2.45) is 0 Å². The second-order valence-corrected chi connectivity index (χ2v) is 11.6. The summed E-state index contributed by atoms with van der Waals surface area (Å²) in [6, 6.07) is 23.3. The molecule has 228 valence electrons. The van der Waals surface area contributed by atoms with Crippen molar-refractivity contribution >= 4 is 11.5 Å². The van der Waals surface area contributed by atoms with Crippen molar-refractivity contribution in [2.75, 3.05) is 60.0 Å². The number of ether oxygens (including phenoxy) is 2. The van der Waals surface area contributed by atoms with E-state index in [2.05, 4.69) is 87.3 Å². The van der Waals surface area contributed by atoms with E-state index in [4.69, 9.17) is 9.47 Å². The maximum absolute atomic E-state index is 12.5. The average Bonchev–Trinajstić information content (AvgIpc) is 3.11. The van der Waals surface area contributed by atoms with E-state index in [1.165, 1.54) is 29.5 Å². The summed E-state index contributed by atoms with van der Waals surface area (Å²) in [5.74, 6) is 0.614. The van der Waals surface area contributed by atoms with Gasteiger partial charge in [-0.15, -0.1) is 0 Å². The summed E-state index contributed by atoms with van der Waals surface area (Å²) in [5, 5.41) is 6.96. The smallest absolute Gasteiger partial charge is 0.338 e. The van der Waals surface area contributed by atoms with Crippen LogP contribution in [0.2, 0.25) is 0 Å². The fourth-order valence-corrected chi connectivity index (χ4v) is 6.21. The Hall–Kier alpha value is -4.33. The van der Waals surface area contributed by atoms with Gasteiger partial charge in [-0.3, -0.25) is 4.90 Å². The number of esters is 1. The molecule has 0 aromatic heterocycles. The minimum absolute atomic E-state index is 0.135. The Bertz CT molecular complexity index is 1530. The summed E-state index contributed by atoms with van der Waals surface area (Å²) in [7, 11) is 3.15. The molecular formula is C37H42N4O3. The first-order chi connectivity index (χ1) is 21.6. The van der Waals surface area contributed by atoms with Crippen molar-refractivity contribution < 1.29 is 14.3 Å². The highest BCUT2D eigenvalue weighted by atomic mass is 16.5. The van der Waals surface area contributed by atoms with E-state index >= 15 is 0 Å². The average molecular weight is 591 g/mol. The molecule has 0 aliphatic carbocycles. The summed E-state index contributed by atoms with van der Waals surface area (Å²) < 4.78 is 10.3. The van der Waals surface area contributed by atoms with Gasteiger partial charge in [0.2, 0.25) is 0 Å². The SMILES string of the molecule is COC(=O)c1ccc(-c2ccc(C3C=CC(N4CCN(CCc5ccc(OC)cc5)CC4)=CN3)cc2)cc1C1=CCNCC1. The highest BCUT2D eigenvalue weighted by molar-refractivity contribution is 5.96. The number of piperazine rings is 1. The topological polar surface area (TPSA) is 66.1 Å². The van der Waals surface area contributed by atoms with E-state index in [-0.39, 0.29) is 12.0 Å². The van der Waals surface area contributed by atoms with Crippen LogP contribution >= 0.6 is 0 Å². The van der Waals surface area contributed by atoms with Crippen molar-refractivity contribution in [3.63, 3.8) is 0 Å². The quantitative estimate of drug-likeness (QED) is 0.323. The molecule has 3 heterocycles. The maximum Gasteiger partial charge on any atom is 0.338 e. The van der Waals surface area contributed by atoms with Gasteiger partial charge >= 0.3 is 5.97 Å². The van der Waals surface area contributed by atoms with Crippen LogP contribution in [0.15, 0.2) is 96.9 Å². The van der Waals surface area contributed by atoms with E-state index < -0.39 is 0 Å². The van der Waals surface area contributed by atoms with Gasteiger partial charge in [0.25, 0.3) is 0 Å². The molecule has 0 bridgehead atoms. The molecule has 0 spiro atoms. The number of hydrogen-bond donors (Lipinski definition) is 2. The van der Waals surface area contributed by atoms with Crippen molar-refractivity contribution in [1.82, 2.24) is 20.4 Å². The summed E-state index contributed by atoms with van der Waals surface area (Å²) in [6.45, 7) is 7.01. The number of hydrogen-bond acceptors (Lipinski definition) is 7. The zero-order valence-corrected chi connectivity index (χ0v) is 25.7. The number of nitrogens with zero attached hydrogens (tertiary/aromatic N) is 2. The van der Waals surface area contributed by atoms with Crippen molar-refractivity contribution in [3.8, 4) is 16.9 Å². The minimum atomic E-state index is -0.296. The second kappa shape index (κ2) is 14.0. The molecule has 44 heavy (non-hydrogen) atoms. The zero-order valence-electron chi connectivity index (χ0n) is 25.7. The number of carbonyl (C=O) groups is 1. The molecule has 2 N–H and O–H groups in total. The van der Waals surface area contributed by atoms with Crippen LogP contribution in [0.3, 0.4) is 0 Å². The number of dihydropyridines is 1. The molecule has 1 unspecified atom stereocenters. The molecule has 7 heteroatoms. The molecule has 3 aliphatic rings. The largest absolute Gasteiger partial charge is 0.497 e. The van der Waals surface area contributed by atoms with Gasteiger partial charge in [0.1, 0.15) is 5.75 Å². The Kier molecular flexibility index (Phi) is 9.44. The summed E-state index contributed by atoms with van der Waals surface area (Å²) in [4.78, 5) is 17.5. The number of nitrogens with one attached hydrogen (secondary N) is 2. The van der Waals surface area contributed by atoms with Crippen LogP contribution in [0.25, 0.3) is 16.7 Å².